The Morgan fingerprint density at radius 3 is 2.48 bits per heavy atom. The summed E-state index contributed by atoms with van der Waals surface area (Å²) >= 11 is 0. The number of hydrogen-bond donors (Lipinski definition) is 2. The molecule has 1 heterocycles. The Hall–Kier alpha value is -1.49. The van der Waals surface area contributed by atoms with E-state index in [2.05, 4.69) is 4.74 Å². The highest BCUT2D eigenvalue weighted by molar-refractivity contribution is 7.89. The number of carbonyl (C=O) groups excluding carboxylic acids is 1. The van der Waals surface area contributed by atoms with Crippen molar-refractivity contribution in [2.45, 2.75) is 31.4 Å². The Kier molecular flexibility index (Phi) is 5.10. The molecule has 0 aromatic heterocycles. The molecule has 122 valence electrons. The SMILES string of the molecule is CCS(=O)(=O)N[C@@H]1CN(C(=O)O)[C@H](CC(=O)OC)C1(F)F. The van der Waals surface area contributed by atoms with Gasteiger partial charge in [-0.05, 0) is 6.92 Å². The van der Waals surface area contributed by atoms with E-state index in [4.69, 9.17) is 5.11 Å². The van der Waals surface area contributed by atoms with Crippen LogP contribution in [0, 0.1) is 0 Å². The number of rotatable bonds is 5. The fourth-order valence-corrected chi connectivity index (χ4v) is 2.83. The number of halogens is 2. The molecule has 0 bridgehead atoms. The van der Waals surface area contributed by atoms with Crippen molar-refractivity contribution in [3.8, 4) is 0 Å². The van der Waals surface area contributed by atoms with Crippen molar-refractivity contribution < 1.29 is 36.6 Å². The van der Waals surface area contributed by atoms with Crippen LogP contribution in [0.1, 0.15) is 13.3 Å². The fourth-order valence-electron chi connectivity index (χ4n) is 2.00. The number of carbonyl (C=O) groups is 2. The van der Waals surface area contributed by atoms with E-state index in [9.17, 15) is 26.8 Å². The monoisotopic (exact) mass is 330 g/mol. The zero-order chi connectivity index (χ0) is 16.4. The van der Waals surface area contributed by atoms with Crippen molar-refractivity contribution in [3.05, 3.63) is 0 Å². The lowest BCUT2D eigenvalue weighted by Crippen LogP contribution is -2.50. The van der Waals surface area contributed by atoms with Gasteiger partial charge in [0.25, 0.3) is 5.92 Å². The largest absolute Gasteiger partial charge is 0.469 e. The second kappa shape index (κ2) is 6.10. The first-order chi connectivity index (χ1) is 9.55. The van der Waals surface area contributed by atoms with E-state index in [0.29, 0.717) is 4.90 Å². The lowest BCUT2D eigenvalue weighted by atomic mass is 10.1. The van der Waals surface area contributed by atoms with Gasteiger partial charge in [-0.25, -0.2) is 26.7 Å². The van der Waals surface area contributed by atoms with Crippen molar-refractivity contribution in [2.24, 2.45) is 0 Å². The number of likely N-dealkylation sites (tertiary alicyclic amines) is 1. The first kappa shape index (κ1) is 17.6. The summed E-state index contributed by atoms with van der Waals surface area (Å²) in [5.74, 6) is -5.16. The predicted octanol–water partition coefficient (Wildman–Crippen LogP) is -0.145. The number of amides is 1. The van der Waals surface area contributed by atoms with Gasteiger partial charge in [0.15, 0.2) is 0 Å². The van der Waals surface area contributed by atoms with Crippen molar-refractivity contribution in [1.29, 1.82) is 0 Å². The number of methoxy groups -OCH3 is 1. The van der Waals surface area contributed by atoms with E-state index in [1.54, 1.807) is 4.72 Å². The number of nitrogens with one attached hydrogen (secondary N) is 1. The Morgan fingerprint density at radius 1 is 1.48 bits per heavy atom. The highest BCUT2D eigenvalue weighted by Gasteiger charge is 2.59. The van der Waals surface area contributed by atoms with Crippen LogP contribution in [0.5, 0.6) is 0 Å². The molecule has 11 heteroatoms. The minimum absolute atomic E-state index is 0.347. The molecule has 0 radical (unpaired) electrons. The molecule has 0 unspecified atom stereocenters. The zero-order valence-electron chi connectivity index (χ0n) is 11.4. The van der Waals surface area contributed by atoms with Crippen LogP contribution in [-0.4, -0.2) is 67.9 Å². The number of carboxylic acid groups (broad SMARTS) is 1. The molecule has 2 atom stereocenters. The van der Waals surface area contributed by atoms with Gasteiger partial charge in [-0.1, -0.05) is 0 Å². The molecule has 1 saturated heterocycles. The van der Waals surface area contributed by atoms with Gasteiger partial charge in [0, 0.05) is 6.54 Å². The quantitative estimate of drug-likeness (QED) is 0.678. The normalized spacial score (nSPS) is 24.9. The third-order valence-electron chi connectivity index (χ3n) is 3.20. The summed E-state index contributed by atoms with van der Waals surface area (Å²) in [6.45, 7) is 0.513. The molecule has 1 rings (SSSR count). The van der Waals surface area contributed by atoms with Crippen LogP contribution in [0.15, 0.2) is 0 Å². The molecular formula is C10H16F2N2O6S. The summed E-state index contributed by atoms with van der Waals surface area (Å²) in [6.07, 6.45) is -2.53. The van der Waals surface area contributed by atoms with E-state index in [0.717, 1.165) is 7.11 Å². The van der Waals surface area contributed by atoms with Crippen molar-refractivity contribution >= 4 is 22.1 Å². The Balaban J connectivity index is 3.05. The standard InChI is InChI=1S/C10H16F2N2O6S/c1-3-21(18,19)13-6-5-14(9(16)17)7(10(6,11)12)4-8(15)20-2/h6-7,13H,3-5H2,1-2H3,(H,16,17)/t6-,7-/m1/s1. The van der Waals surface area contributed by atoms with E-state index < -0.39 is 58.8 Å². The van der Waals surface area contributed by atoms with Gasteiger partial charge in [0.1, 0.15) is 12.1 Å². The lowest BCUT2D eigenvalue weighted by molar-refractivity contribution is -0.145. The molecule has 1 amide bonds. The molecule has 0 aromatic carbocycles. The minimum Gasteiger partial charge on any atom is -0.469 e. The predicted molar refractivity (Wildman–Crippen MR) is 66.5 cm³/mol. The molecule has 0 saturated carbocycles. The lowest BCUT2D eigenvalue weighted by Gasteiger charge is -2.25. The van der Waals surface area contributed by atoms with Crippen molar-refractivity contribution in [3.63, 3.8) is 0 Å². The van der Waals surface area contributed by atoms with Gasteiger partial charge < -0.3 is 9.84 Å². The number of esters is 1. The highest BCUT2D eigenvalue weighted by atomic mass is 32.2. The van der Waals surface area contributed by atoms with Crippen LogP contribution in [0.2, 0.25) is 0 Å². The van der Waals surface area contributed by atoms with Crippen LogP contribution in [-0.2, 0) is 19.6 Å². The zero-order valence-corrected chi connectivity index (χ0v) is 12.2. The third kappa shape index (κ3) is 3.79. The second-order valence-corrected chi connectivity index (χ2v) is 6.52. The smallest absolute Gasteiger partial charge is 0.407 e. The Bertz CT molecular complexity index is 524. The molecule has 1 fully saturated rings. The summed E-state index contributed by atoms with van der Waals surface area (Å²) in [7, 11) is -2.96. The average Bonchev–Trinajstić information content (AvgIpc) is 2.62. The summed E-state index contributed by atoms with van der Waals surface area (Å²) in [4.78, 5) is 22.5. The second-order valence-electron chi connectivity index (χ2n) is 4.48. The van der Waals surface area contributed by atoms with E-state index in [1.807, 2.05) is 0 Å². The van der Waals surface area contributed by atoms with E-state index in [-0.39, 0.29) is 0 Å². The molecule has 1 aliphatic heterocycles. The van der Waals surface area contributed by atoms with Gasteiger partial charge in [0.05, 0.1) is 19.3 Å². The van der Waals surface area contributed by atoms with Crippen LogP contribution in [0.25, 0.3) is 0 Å². The first-order valence-electron chi connectivity index (χ1n) is 5.99. The third-order valence-corrected chi connectivity index (χ3v) is 4.60. The van der Waals surface area contributed by atoms with Gasteiger partial charge in [-0.2, -0.15) is 0 Å². The molecule has 21 heavy (non-hydrogen) atoms. The van der Waals surface area contributed by atoms with Gasteiger partial charge in [0.2, 0.25) is 10.0 Å². The minimum atomic E-state index is -3.95. The van der Waals surface area contributed by atoms with Gasteiger partial charge >= 0.3 is 12.1 Å². The maximum Gasteiger partial charge on any atom is 0.407 e. The summed E-state index contributed by atoms with van der Waals surface area (Å²) in [5.41, 5.74) is 0. The molecule has 8 nitrogen and oxygen atoms in total. The Morgan fingerprint density at radius 2 is 2.05 bits per heavy atom. The number of nitrogens with zero attached hydrogens (tertiary/aromatic N) is 1. The van der Waals surface area contributed by atoms with E-state index in [1.165, 1.54) is 6.92 Å². The molecular weight excluding hydrogens is 314 g/mol. The maximum atomic E-state index is 14.2. The highest BCUT2D eigenvalue weighted by Crippen LogP contribution is 2.36. The average molecular weight is 330 g/mol. The molecule has 2 N–H and O–H groups in total. The van der Waals surface area contributed by atoms with Crippen molar-refractivity contribution in [1.82, 2.24) is 9.62 Å². The maximum absolute atomic E-state index is 14.2. The number of ether oxygens (including phenoxy) is 1. The van der Waals surface area contributed by atoms with Crippen LogP contribution in [0.4, 0.5) is 13.6 Å². The number of hydrogen-bond acceptors (Lipinski definition) is 5. The molecule has 0 aliphatic carbocycles. The van der Waals surface area contributed by atoms with Crippen LogP contribution in [0.3, 0.4) is 0 Å². The number of alkyl halides is 2. The van der Waals surface area contributed by atoms with Crippen LogP contribution < -0.4 is 4.72 Å². The molecule has 0 spiro atoms. The topological polar surface area (TPSA) is 113 Å². The Labute approximate surface area is 120 Å². The summed E-state index contributed by atoms with van der Waals surface area (Å²) in [5, 5.41) is 8.94. The molecule has 0 aromatic rings. The van der Waals surface area contributed by atoms with Crippen molar-refractivity contribution in [2.75, 3.05) is 19.4 Å². The van der Waals surface area contributed by atoms with E-state index >= 15 is 0 Å². The molecule has 1 aliphatic rings. The van der Waals surface area contributed by atoms with Gasteiger partial charge in [-0.15, -0.1) is 0 Å². The first-order valence-corrected chi connectivity index (χ1v) is 7.64. The summed E-state index contributed by atoms with van der Waals surface area (Å²) in [6, 6.07) is -3.90. The summed E-state index contributed by atoms with van der Waals surface area (Å²) < 4.78 is 57.2. The van der Waals surface area contributed by atoms with Crippen LogP contribution >= 0.6 is 0 Å². The number of sulfonamides is 1. The van der Waals surface area contributed by atoms with Gasteiger partial charge in [-0.3, -0.25) is 9.69 Å². The fraction of sp³-hybridized carbons (Fsp3) is 0.800.